The zero-order valence-corrected chi connectivity index (χ0v) is 16.5. The predicted octanol–water partition coefficient (Wildman–Crippen LogP) is 4.66. The first-order chi connectivity index (χ1) is 12.1. The lowest BCUT2D eigenvalue weighted by Crippen LogP contribution is -2.28. The molecule has 1 aromatic carbocycles. The summed E-state index contributed by atoms with van der Waals surface area (Å²) in [4.78, 5) is 13.4. The van der Waals surface area contributed by atoms with Crippen LogP contribution >= 0.6 is 23.1 Å². The van der Waals surface area contributed by atoms with Crippen molar-refractivity contribution in [3.05, 3.63) is 46.2 Å². The van der Waals surface area contributed by atoms with Gasteiger partial charge in [0.2, 0.25) is 5.91 Å². The van der Waals surface area contributed by atoms with Crippen LogP contribution in [0.5, 0.6) is 11.5 Å². The van der Waals surface area contributed by atoms with Gasteiger partial charge in [0.25, 0.3) is 0 Å². The number of hydrogen-bond donors (Lipinski definition) is 1. The second kappa shape index (κ2) is 10.4. The van der Waals surface area contributed by atoms with Crippen molar-refractivity contribution in [3.8, 4) is 11.5 Å². The Hall–Kier alpha value is -1.66. The number of rotatable bonds is 10. The molecule has 25 heavy (non-hydrogen) atoms. The van der Waals surface area contributed by atoms with E-state index in [-0.39, 0.29) is 11.9 Å². The molecule has 1 amide bonds. The molecule has 1 heterocycles. The first kappa shape index (κ1) is 19.7. The van der Waals surface area contributed by atoms with Gasteiger partial charge in [0.1, 0.15) is 0 Å². The van der Waals surface area contributed by atoms with Crippen molar-refractivity contribution in [2.45, 2.75) is 32.6 Å². The van der Waals surface area contributed by atoms with Crippen LogP contribution in [0.3, 0.4) is 0 Å². The van der Waals surface area contributed by atoms with Crippen molar-refractivity contribution in [1.82, 2.24) is 5.32 Å². The highest BCUT2D eigenvalue weighted by Crippen LogP contribution is 2.30. The van der Waals surface area contributed by atoms with E-state index in [2.05, 4.69) is 16.8 Å². The second-order valence-corrected chi connectivity index (χ2v) is 7.45. The smallest absolute Gasteiger partial charge is 0.230 e. The van der Waals surface area contributed by atoms with Crippen LogP contribution in [0.1, 0.15) is 37.3 Å². The van der Waals surface area contributed by atoms with Crippen molar-refractivity contribution >= 4 is 29.0 Å². The third-order valence-electron chi connectivity index (χ3n) is 3.50. The standard InChI is InChI=1S/C19H25NO3S2/c1-4-22-17-9-8-15(11-18(17)23-5-2)14(3)20-19(21)13-24-12-16-7-6-10-25-16/h6-11,14H,4-5,12-13H2,1-3H3,(H,20,21)/t14-/m1/s1. The van der Waals surface area contributed by atoms with E-state index >= 15 is 0 Å². The molecule has 1 atom stereocenters. The third kappa shape index (κ3) is 6.29. The Balaban J connectivity index is 1.89. The summed E-state index contributed by atoms with van der Waals surface area (Å²) in [5.74, 6) is 2.82. The van der Waals surface area contributed by atoms with Crippen molar-refractivity contribution in [2.24, 2.45) is 0 Å². The van der Waals surface area contributed by atoms with Gasteiger partial charge in [-0.15, -0.1) is 23.1 Å². The number of thiophene rings is 1. The number of nitrogens with one attached hydrogen (secondary N) is 1. The number of thioether (sulfide) groups is 1. The summed E-state index contributed by atoms with van der Waals surface area (Å²) in [6.07, 6.45) is 0. The summed E-state index contributed by atoms with van der Waals surface area (Å²) < 4.78 is 11.2. The van der Waals surface area contributed by atoms with E-state index in [0.717, 1.165) is 22.8 Å². The fourth-order valence-corrected chi connectivity index (χ4v) is 4.02. The largest absolute Gasteiger partial charge is 0.490 e. The van der Waals surface area contributed by atoms with E-state index in [4.69, 9.17) is 9.47 Å². The van der Waals surface area contributed by atoms with E-state index < -0.39 is 0 Å². The molecule has 0 bridgehead atoms. The van der Waals surface area contributed by atoms with E-state index in [1.807, 2.05) is 45.0 Å². The highest BCUT2D eigenvalue weighted by molar-refractivity contribution is 7.99. The molecular weight excluding hydrogens is 354 g/mol. The molecule has 0 saturated heterocycles. The molecule has 6 heteroatoms. The topological polar surface area (TPSA) is 47.6 Å². The molecule has 0 unspecified atom stereocenters. The maximum atomic E-state index is 12.2. The van der Waals surface area contributed by atoms with Gasteiger partial charge in [0, 0.05) is 10.6 Å². The van der Waals surface area contributed by atoms with Crippen molar-refractivity contribution < 1.29 is 14.3 Å². The number of amides is 1. The average Bonchev–Trinajstić information content (AvgIpc) is 3.10. The van der Waals surface area contributed by atoms with Gasteiger partial charge in [-0.25, -0.2) is 0 Å². The van der Waals surface area contributed by atoms with Crippen LogP contribution in [0, 0.1) is 0 Å². The summed E-state index contributed by atoms with van der Waals surface area (Å²) in [6, 6.07) is 9.86. The number of carbonyl (C=O) groups is 1. The van der Waals surface area contributed by atoms with Crippen LogP contribution < -0.4 is 14.8 Å². The molecule has 0 saturated carbocycles. The molecule has 2 rings (SSSR count). The maximum Gasteiger partial charge on any atom is 0.230 e. The monoisotopic (exact) mass is 379 g/mol. The van der Waals surface area contributed by atoms with E-state index in [9.17, 15) is 4.79 Å². The molecule has 2 aromatic rings. The minimum atomic E-state index is -0.0790. The number of ether oxygens (including phenoxy) is 2. The van der Waals surface area contributed by atoms with Crippen molar-refractivity contribution in [1.29, 1.82) is 0 Å². The summed E-state index contributed by atoms with van der Waals surface area (Å²) in [5.41, 5.74) is 1.00. The van der Waals surface area contributed by atoms with Crippen LogP contribution in [0.2, 0.25) is 0 Å². The lowest BCUT2D eigenvalue weighted by molar-refractivity contribution is -0.119. The average molecular weight is 380 g/mol. The molecule has 136 valence electrons. The molecule has 1 N–H and O–H groups in total. The highest BCUT2D eigenvalue weighted by atomic mass is 32.2. The van der Waals surface area contributed by atoms with Gasteiger partial charge < -0.3 is 14.8 Å². The lowest BCUT2D eigenvalue weighted by atomic mass is 10.1. The molecule has 4 nitrogen and oxygen atoms in total. The molecule has 0 radical (unpaired) electrons. The molecule has 0 fully saturated rings. The zero-order valence-electron chi connectivity index (χ0n) is 14.9. The Bertz CT molecular complexity index is 659. The van der Waals surface area contributed by atoms with Gasteiger partial charge >= 0.3 is 0 Å². The predicted molar refractivity (Wildman–Crippen MR) is 106 cm³/mol. The molecular formula is C19H25NO3S2. The normalized spacial score (nSPS) is 11.8. The maximum absolute atomic E-state index is 12.2. The van der Waals surface area contributed by atoms with Gasteiger partial charge in [-0.05, 0) is 49.9 Å². The zero-order chi connectivity index (χ0) is 18.1. The Morgan fingerprint density at radius 2 is 1.96 bits per heavy atom. The Morgan fingerprint density at radius 3 is 2.64 bits per heavy atom. The van der Waals surface area contributed by atoms with Gasteiger partial charge in [-0.2, -0.15) is 0 Å². The SMILES string of the molecule is CCOc1ccc([C@@H](C)NC(=O)CSCc2cccs2)cc1OCC. The lowest BCUT2D eigenvalue weighted by Gasteiger charge is -2.17. The molecule has 0 aliphatic carbocycles. The van der Waals surface area contributed by atoms with Crippen LogP contribution in [0.15, 0.2) is 35.7 Å². The van der Waals surface area contributed by atoms with Crippen LogP contribution in [-0.4, -0.2) is 24.9 Å². The minimum absolute atomic E-state index is 0.0425. The Labute approximate surface area is 157 Å². The second-order valence-electron chi connectivity index (χ2n) is 5.43. The Kier molecular flexibility index (Phi) is 8.15. The van der Waals surface area contributed by atoms with E-state index in [1.54, 1.807) is 23.1 Å². The van der Waals surface area contributed by atoms with Crippen LogP contribution in [0.4, 0.5) is 0 Å². The highest BCUT2D eigenvalue weighted by Gasteiger charge is 2.13. The van der Waals surface area contributed by atoms with E-state index in [0.29, 0.717) is 19.0 Å². The molecule has 1 aromatic heterocycles. The van der Waals surface area contributed by atoms with Gasteiger partial charge in [0.15, 0.2) is 11.5 Å². The Morgan fingerprint density at radius 1 is 1.20 bits per heavy atom. The third-order valence-corrected chi connectivity index (χ3v) is 5.54. The number of hydrogen-bond acceptors (Lipinski definition) is 5. The number of benzene rings is 1. The molecule has 0 aliphatic rings. The van der Waals surface area contributed by atoms with E-state index in [1.165, 1.54) is 4.88 Å². The fourth-order valence-electron chi connectivity index (χ4n) is 2.34. The van der Waals surface area contributed by atoms with Crippen molar-refractivity contribution in [3.63, 3.8) is 0 Å². The van der Waals surface area contributed by atoms with Crippen molar-refractivity contribution in [2.75, 3.05) is 19.0 Å². The van der Waals surface area contributed by atoms with Gasteiger partial charge in [-0.1, -0.05) is 12.1 Å². The van der Waals surface area contributed by atoms with Gasteiger partial charge in [0.05, 0.1) is 25.0 Å². The fraction of sp³-hybridized carbons (Fsp3) is 0.421. The summed E-state index contributed by atoms with van der Waals surface area (Å²) in [7, 11) is 0. The number of carbonyl (C=O) groups excluding carboxylic acids is 1. The van der Waals surface area contributed by atoms with Crippen LogP contribution in [0.25, 0.3) is 0 Å². The van der Waals surface area contributed by atoms with Crippen LogP contribution in [-0.2, 0) is 10.5 Å². The minimum Gasteiger partial charge on any atom is -0.490 e. The molecule has 0 aliphatic heterocycles. The molecule has 0 spiro atoms. The first-order valence-corrected chi connectivity index (χ1v) is 10.5. The quantitative estimate of drug-likeness (QED) is 0.652. The van der Waals surface area contributed by atoms with Gasteiger partial charge in [-0.3, -0.25) is 4.79 Å². The first-order valence-electron chi connectivity index (χ1n) is 8.43. The summed E-state index contributed by atoms with van der Waals surface area (Å²) >= 11 is 3.35. The summed E-state index contributed by atoms with van der Waals surface area (Å²) in [6.45, 7) is 7.03. The summed E-state index contributed by atoms with van der Waals surface area (Å²) in [5, 5.41) is 5.10.